The summed E-state index contributed by atoms with van der Waals surface area (Å²) in [6.07, 6.45) is 4.03. The summed E-state index contributed by atoms with van der Waals surface area (Å²) in [6, 6.07) is 3.65. The van der Waals surface area contributed by atoms with Crippen LogP contribution in [0, 0.1) is 0 Å². The molecule has 0 spiro atoms. The van der Waals surface area contributed by atoms with E-state index >= 15 is 0 Å². The number of nitrogens with zero attached hydrogens (tertiary/aromatic N) is 3. The molecule has 0 radical (unpaired) electrons. The maximum atomic E-state index is 9.43. The molecule has 0 fully saturated rings. The van der Waals surface area contributed by atoms with Gasteiger partial charge in [0.2, 0.25) is 6.41 Å². The minimum atomic E-state index is 0. The molecule has 12 heavy (non-hydrogen) atoms. The highest BCUT2D eigenvalue weighted by molar-refractivity contribution is 5.85. The SMILES string of the molecule is CN(C)C=O.Cl.c1ccnnc1. The number of aromatic nitrogens is 2. The van der Waals surface area contributed by atoms with Crippen molar-refractivity contribution < 1.29 is 4.79 Å². The lowest BCUT2D eigenvalue weighted by molar-refractivity contribution is -0.115. The summed E-state index contributed by atoms with van der Waals surface area (Å²) in [4.78, 5) is 10.9. The Kier molecular flexibility index (Phi) is 11.0. The summed E-state index contributed by atoms with van der Waals surface area (Å²) in [5.74, 6) is 0. The maximum Gasteiger partial charge on any atom is 0.209 e. The summed E-state index contributed by atoms with van der Waals surface area (Å²) in [7, 11) is 3.38. The van der Waals surface area contributed by atoms with Gasteiger partial charge in [0.25, 0.3) is 0 Å². The second kappa shape index (κ2) is 9.84. The van der Waals surface area contributed by atoms with E-state index in [-0.39, 0.29) is 12.4 Å². The van der Waals surface area contributed by atoms with E-state index < -0.39 is 0 Å². The zero-order valence-electron chi connectivity index (χ0n) is 7.04. The van der Waals surface area contributed by atoms with Crippen LogP contribution in [0.4, 0.5) is 0 Å². The van der Waals surface area contributed by atoms with E-state index in [2.05, 4.69) is 10.2 Å². The van der Waals surface area contributed by atoms with Gasteiger partial charge in [-0.1, -0.05) is 0 Å². The molecule has 1 aromatic heterocycles. The van der Waals surface area contributed by atoms with Crippen LogP contribution >= 0.6 is 12.4 Å². The van der Waals surface area contributed by atoms with E-state index in [1.807, 2.05) is 12.1 Å². The maximum absolute atomic E-state index is 9.43. The number of halogens is 1. The first-order valence-electron chi connectivity index (χ1n) is 3.10. The average Bonchev–Trinajstić information content (AvgIpc) is 2.09. The fourth-order valence-electron chi connectivity index (χ4n) is 0.253. The van der Waals surface area contributed by atoms with Crippen molar-refractivity contribution in [2.24, 2.45) is 0 Å². The van der Waals surface area contributed by atoms with Gasteiger partial charge < -0.3 is 4.90 Å². The zero-order chi connectivity index (χ0) is 8.53. The van der Waals surface area contributed by atoms with Crippen molar-refractivity contribution in [2.75, 3.05) is 14.1 Å². The molecular weight excluding hydrogens is 178 g/mol. The molecule has 0 saturated heterocycles. The van der Waals surface area contributed by atoms with E-state index in [4.69, 9.17) is 0 Å². The monoisotopic (exact) mass is 189 g/mol. The quantitative estimate of drug-likeness (QED) is 0.608. The van der Waals surface area contributed by atoms with E-state index in [0.717, 1.165) is 6.41 Å². The number of carbonyl (C=O) groups is 1. The standard InChI is InChI=1S/C4H4N2.C3H7NO.ClH/c1-2-4-6-5-3-1;1-4(2)3-5;/h1-4H;3H,1-2H3;1H. The van der Waals surface area contributed by atoms with E-state index in [0.29, 0.717) is 0 Å². The molecule has 1 rings (SSSR count). The average molecular weight is 190 g/mol. The van der Waals surface area contributed by atoms with Crippen molar-refractivity contribution in [3.8, 4) is 0 Å². The Morgan fingerprint density at radius 2 is 1.50 bits per heavy atom. The molecule has 1 amide bonds. The van der Waals surface area contributed by atoms with Gasteiger partial charge in [0.05, 0.1) is 0 Å². The molecule has 0 aliphatic rings. The van der Waals surface area contributed by atoms with Crippen molar-refractivity contribution in [2.45, 2.75) is 0 Å². The molecule has 5 heteroatoms. The molecule has 0 N–H and O–H groups in total. The Morgan fingerprint density at radius 1 is 1.17 bits per heavy atom. The predicted octanol–water partition coefficient (Wildman–Crippen LogP) is 0.603. The van der Waals surface area contributed by atoms with Crippen LogP contribution in [0.3, 0.4) is 0 Å². The Labute approximate surface area is 78.0 Å². The molecule has 0 atom stereocenters. The van der Waals surface area contributed by atoms with Gasteiger partial charge in [-0.15, -0.1) is 12.4 Å². The Balaban J connectivity index is 0. The molecule has 1 heterocycles. The van der Waals surface area contributed by atoms with Crippen LogP contribution in [0.2, 0.25) is 0 Å². The van der Waals surface area contributed by atoms with Crippen molar-refractivity contribution in [1.29, 1.82) is 0 Å². The lowest BCUT2D eigenvalue weighted by atomic mass is 10.6. The van der Waals surface area contributed by atoms with Gasteiger partial charge in [-0.3, -0.25) is 4.79 Å². The van der Waals surface area contributed by atoms with E-state index in [9.17, 15) is 4.79 Å². The topological polar surface area (TPSA) is 46.1 Å². The van der Waals surface area contributed by atoms with E-state index in [1.165, 1.54) is 4.90 Å². The van der Waals surface area contributed by atoms with Gasteiger partial charge in [-0.2, -0.15) is 10.2 Å². The predicted molar refractivity (Wildman–Crippen MR) is 49.0 cm³/mol. The molecule has 0 aliphatic carbocycles. The molecule has 4 nitrogen and oxygen atoms in total. The molecule has 0 saturated carbocycles. The van der Waals surface area contributed by atoms with Gasteiger partial charge in [-0.05, 0) is 12.1 Å². The minimum Gasteiger partial charge on any atom is -0.351 e. The smallest absolute Gasteiger partial charge is 0.209 e. The lowest BCUT2D eigenvalue weighted by Gasteiger charge is -1.93. The van der Waals surface area contributed by atoms with E-state index in [1.54, 1.807) is 26.5 Å². The molecular formula is C7H12ClN3O. The highest BCUT2D eigenvalue weighted by Gasteiger charge is 1.68. The van der Waals surface area contributed by atoms with Gasteiger partial charge in [0, 0.05) is 26.5 Å². The van der Waals surface area contributed by atoms with Crippen LogP contribution in [0.5, 0.6) is 0 Å². The second-order valence-electron chi connectivity index (χ2n) is 1.98. The van der Waals surface area contributed by atoms with Crippen molar-refractivity contribution in [1.82, 2.24) is 15.1 Å². The first kappa shape index (κ1) is 13.4. The van der Waals surface area contributed by atoms with Crippen LogP contribution < -0.4 is 0 Å². The number of carbonyl (C=O) groups excluding carboxylic acids is 1. The first-order valence-corrected chi connectivity index (χ1v) is 3.10. The molecule has 0 aromatic carbocycles. The van der Waals surface area contributed by atoms with Crippen LogP contribution in [0.1, 0.15) is 0 Å². The Morgan fingerprint density at radius 3 is 1.58 bits per heavy atom. The summed E-state index contributed by atoms with van der Waals surface area (Å²) in [5.41, 5.74) is 0. The fraction of sp³-hybridized carbons (Fsp3) is 0.286. The highest BCUT2D eigenvalue weighted by atomic mass is 35.5. The highest BCUT2D eigenvalue weighted by Crippen LogP contribution is 1.68. The molecule has 1 aromatic rings. The summed E-state index contributed by atoms with van der Waals surface area (Å²) in [6.45, 7) is 0. The Hall–Kier alpha value is -1.16. The van der Waals surface area contributed by atoms with Crippen LogP contribution in [-0.2, 0) is 4.79 Å². The second-order valence-corrected chi connectivity index (χ2v) is 1.98. The largest absolute Gasteiger partial charge is 0.351 e. The molecule has 0 unspecified atom stereocenters. The molecule has 0 bridgehead atoms. The fourth-order valence-corrected chi connectivity index (χ4v) is 0.253. The zero-order valence-corrected chi connectivity index (χ0v) is 7.86. The van der Waals surface area contributed by atoms with Gasteiger partial charge in [-0.25, -0.2) is 0 Å². The van der Waals surface area contributed by atoms with Gasteiger partial charge in [0.15, 0.2) is 0 Å². The number of hydrogen-bond acceptors (Lipinski definition) is 3. The van der Waals surface area contributed by atoms with Crippen molar-refractivity contribution in [3.63, 3.8) is 0 Å². The third-order valence-corrected chi connectivity index (χ3v) is 0.694. The van der Waals surface area contributed by atoms with Crippen molar-refractivity contribution >= 4 is 18.8 Å². The van der Waals surface area contributed by atoms with Gasteiger partial charge >= 0.3 is 0 Å². The number of hydrogen-bond donors (Lipinski definition) is 0. The minimum absolute atomic E-state index is 0. The lowest BCUT2D eigenvalue weighted by Crippen LogP contribution is -2.06. The number of amides is 1. The summed E-state index contributed by atoms with van der Waals surface area (Å²) in [5, 5.41) is 7.07. The summed E-state index contributed by atoms with van der Waals surface area (Å²) >= 11 is 0. The third-order valence-electron chi connectivity index (χ3n) is 0.694. The van der Waals surface area contributed by atoms with Gasteiger partial charge in [0.1, 0.15) is 0 Å². The van der Waals surface area contributed by atoms with Crippen LogP contribution in [0.25, 0.3) is 0 Å². The number of rotatable bonds is 1. The normalized spacial score (nSPS) is 6.83. The Bertz CT molecular complexity index is 155. The third kappa shape index (κ3) is 11.6. The summed E-state index contributed by atoms with van der Waals surface area (Å²) < 4.78 is 0. The van der Waals surface area contributed by atoms with Crippen LogP contribution in [0.15, 0.2) is 24.5 Å². The molecule has 68 valence electrons. The molecule has 0 aliphatic heterocycles. The first-order chi connectivity index (χ1) is 5.27. The van der Waals surface area contributed by atoms with Crippen molar-refractivity contribution in [3.05, 3.63) is 24.5 Å². The van der Waals surface area contributed by atoms with Crippen LogP contribution in [-0.4, -0.2) is 35.6 Å².